The molecule has 0 radical (unpaired) electrons. The highest BCUT2D eigenvalue weighted by Crippen LogP contribution is 1.93. The summed E-state index contributed by atoms with van der Waals surface area (Å²) in [6, 6.07) is 0. The Morgan fingerprint density at radius 1 is 1.36 bits per heavy atom. The van der Waals surface area contributed by atoms with Crippen molar-refractivity contribution in [1.82, 2.24) is 0 Å². The molecule has 0 amide bonds. The van der Waals surface area contributed by atoms with Gasteiger partial charge in [0.15, 0.2) is 0 Å². The van der Waals surface area contributed by atoms with E-state index in [-0.39, 0.29) is 0 Å². The predicted molar refractivity (Wildman–Crippen MR) is 45.5 cm³/mol. The molecule has 0 aromatic heterocycles. The van der Waals surface area contributed by atoms with E-state index in [0.717, 1.165) is 19.3 Å². The predicted octanol–water partition coefficient (Wildman–Crippen LogP) is 1.95. The van der Waals surface area contributed by atoms with E-state index in [1.165, 1.54) is 18.9 Å². The van der Waals surface area contributed by atoms with Gasteiger partial charge in [-0.05, 0) is 12.5 Å². The molecule has 0 aliphatic rings. The van der Waals surface area contributed by atoms with Crippen LogP contribution in [0.4, 0.5) is 0 Å². The molecule has 64 valence electrons. The van der Waals surface area contributed by atoms with Gasteiger partial charge in [-0.2, -0.15) is 0 Å². The minimum absolute atomic E-state index is 0.558. The first-order valence-electron chi connectivity index (χ1n) is 4.10. The van der Waals surface area contributed by atoms with Crippen molar-refractivity contribution in [2.45, 2.75) is 26.2 Å². The first-order valence-corrected chi connectivity index (χ1v) is 4.10. The third-order valence-electron chi connectivity index (χ3n) is 1.32. The van der Waals surface area contributed by atoms with Crippen molar-refractivity contribution in [2.75, 3.05) is 13.2 Å². The van der Waals surface area contributed by atoms with E-state index in [4.69, 9.17) is 4.74 Å². The van der Waals surface area contributed by atoms with Gasteiger partial charge >= 0.3 is 0 Å². The Morgan fingerprint density at radius 3 is 2.82 bits per heavy atom. The smallest absolute Gasteiger partial charge is 0.142 e. The summed E-state index contributed by atoms with van der Waals surface area (Å²) in [5.41, 5.74) is 0. The first-order chi connectivity index (χ1) is 5.41. The molecule has 0 heterocycles. The van der Waals surface area contributed by atoms with Gasteiger partial charge in [-0.1, -0.05) is 25.8 Å². The lowest BCUT2D eigenvalue weighted by atomic mass is 10.3. The van der Waals surface area contributed by atoms with Crippen molar-refractivity contribution in [3.8, 4) is 0 Å². The molecule has 0 rings (SSSR count). The summed E-state index contributed by atoms with van der Waals surface area (Å²) in [5, 5.41) is 0. The van der Waals surface area contributed by atoms with Crippen molar-refractivity contribution in [3.63, 3.8) is 0 Å². The maximum Gasteiger partial charge on any atom is 0.142 e. The molecule has 0 saturated carbocycles. The van der Waals surface area contributed by atoms with Gasteiger partial charge in [0, 0.05) is 6.61 Å². The Balaban J connectivity index is 2.90. The molecule has 0 aromatic rings. The lowest BCUT2D eigenvalue weighted by Gasteiger charge is -1.98. The Labute approximate surface area is 68.2 Å². The second-order valence-corrected chi connectivity index (χ2v) is 2.35. The van der Waals surface area contributed by atoms with E-state index in [2.05, 4.69) is 6.92 Å². The molecule has 0 bridgehead atoms. The first kappa shape index (κ1) is 10.4. The van der Waals surface area contributed by atoms with Gasteiger partial charge in [0.05, 0.1) is 6.61 Å². The van der Waals surface area contributed by atoms with E-state index < -0.39 is 0 Å². The lowest BCUT2D eigenvalue weighted by molar-refractivity contribution is -0.104. The maximum absolute atomic E-state index is 9.80. The van der Waals surface area contributed by atoms with Crippen molar-refractivity contribution in [3.05, 3.63) is 12.2 Å². The third kappa shape index (κ3) is 9.37. The van der Waals surface area contributed by atoms with Crippen LogP contribution in [0.15, 0.2) is 12.2 Å². The zero-order chi connectivity index (χ0) is 8.36. The molecule has 11 heavy (non-hydrogen) atoms. The van der Waals surface area contributed by atoms with Gasteiger partial charge in [0.25, 0.3) is 0 Å². The largest absolute Gasteiger partial charge is 0.377 e. The molecule has 0 saturated heterocycles. The molecule has 2 heteroatoms. The summed E-state index contributed by atoms with van der Waals surface area (Å²) in [7, 11) is 0. The maximum atomic E-state index is 9.80. The number of aldehydes is 1. The topological polar surface area (TPSA) is 26.3 Å². The van der Waals surface area contributed by atoms with Crippen molar-refractivity contribution in [1.29, 1.82) is 0 Å². The van der Waals surface area contributed by atoms with Gasteiger partial charge in [0.1, 0.15) is 6.29 Å². The highest BCUT2D eigenvalue weighted by atomic mass is 16.5. The second-order valence-electron chi connectivity index (χ2n) is 2.35. The standard InChI is InChI=1S/C9H16O2/c1-2-3-5-8-11-9-6-4-7-10/h4,6-7H,2-3,5,8-9H2,1H3/b6-4+. The molecule has 0 aromatic carbocycles. The summed E-state index contributed by atoms with van der Waals surface area (Å²) in [4.78, 5) is 9.80. The van der Waals surface area contributed by atoms with Crippen LogP contribution >= 0.6 is 0 Å². The lowest BCUT2D eigenvalue weighted by Crippen LogP contribution is -1.93. The molecule has 0 N–H and O–H groups in total. The summed E-state index contributed by atoms with van der Waals surface area (Å²) < 4.78 is 5.19. The van der Waals surface area contributed by atoms with Crippen LogP contribution in [0.25, 0.3) is 0 Å². The molecule has 0 aliphatic carbocycles. The number of ether oxygens (including phenoxy) is 1. The van der Waals surface area contributed by atoms with Gasteiger partial charge in [-0.3, -0.25) is 4.79 Å². The third-order valence-corrected chi connectivity index (χ3v) is 1.32. The number of carbonyl (C=O) groups is 1. The van der Waals surface area contributed by atoms with E-state index in [9.17, 15) is 4.79 Å². The normalized spacial score (nSPS) is 10.6. The summed E-state index contributed by atoms with van der Waals surface area (Å²) in [6.07, 6.45) is 7.49. The van der Waals surface area contributed by atoms with Crippen LogP contribution in [0.5, 0.6) is 0 Å². The van der Waals surface area contributed by atoms with E-state index in [1.807, 2.05) is 0 Å². The van der Waals surface area contributed by atoms with Crippen molar-refractivity contribution < 1.29 is 9.53 Å². The van der Waals surface area contributed by atoms with Gasteiger partial charge in [0.2, 0.25) is 0 Å². The monoisotopic (exact) mass is 156 g/mol. The minimum atomic E-state index is 0.558. The molecule has 0 aliphatic heterocycles. The average Bonchev–Trinajstić information content (AvgIpc) is 2.03. The van der Waals surface area contributed by atoms with Crippen molar-refractivity contribution in [2.24, 2.45) is 0 Å². The zero-order valence-electron chi connectivity index (χ0n) is 7.08. The summed E-state index contributed by atoms with van der Waals surface area (Å²) in [5.74, 6) is 0. The summed E-state index contributed by atoms with van der Waals surface area (Å²) in [6.45, 7) is 3.52. The highest BCUT2D eigenvalue weighted by Gasteiger charge is 1.84. The van der Waals surface area contributed by atoms with Crippen LogP contribution in [-0.4, -0.2) is 19.5 Å². The number of hydrogen-bond acceptors (Lipinski definition) is 2. The number of carbonyl (C=O) groups excluding carboxylic acids is 1. The fourth-order valence-corrected chi connectivity index (χ4v) is 0.717. The van der Waals surface area contributed by atoms with Gasteiger partial charge < -0.3 is 4.74 Å². The Hall–Kier alpha value is -0.630. The molecule has 0 fully saturated rings. The number of hydrogen-bond donors (Lipinski definition) is 0. The van der Waals surface area contributed by atoms with Crippen LogP contribution in [-0.2, 0) is 9.53 Å². The SMILES string of the molecule is CCCCCOC/C=C/C=O. The van der Waals surface area contributed by atoms with E-state index in [1.54, 1.807) is 6.08 Å². The fourth-order valence-electron chi connectivity index (χ4n) is 0.717. The van der Waals surface area contributed by atoms with Crippen LogP contribution in [0.2, 0.25) is 0 Å². The van der Waals surface area contributed by atoms with Crippen LogP contribution in [0.3, 0.4) is 0 Å². The van der Waals surface area contributed by atoms with E-state index in [0.29, 0.717) is 6.61 Å². The molecule has 0 unspecified atom stereocenters. The van der Waals surface area contributed by atoms with Crippen molar-refractivity contribution >= 4 is 6.29 Å². The molecule has 0 spiro atoms. The Bertz CT molecular complexity index is 108. The number of allylic oxidation sites excluding steroid dienone is 1. The Kier molecular flexibility index (Phi) is 8.83. The van der Waals surface area contributed by atoms with Crippen LogP contribution in [0.1, 0.15) is 26.2 Å². The molecular weight excluding hydrogens is 140 g/mol. The van der Waals surface area contributed by atoms with Crippen LogP contribution in [0, 0.1) is 0 Å². The van der Waals surface area contributed by atoms with Crippen LogP contribution < -0.4 is 0 Å². The average molecular weight is 156 g/mol. The minimum Gasteiger partial charge on any atom is -0.377 e. The molecule has 0 atom stereocenters. The quantitative estimate of drug-likeness (QED) is 0.320. The fraction of sp³-hybridized carbons (Fsp3) is 0.667. The van der Waals surface area contributed by atoms with Gasteiger partial charge in [-0.15, -0.1) is 0 Å². The highest BCUT2D eigenvalue weighted by molar-refractivity contribution is 5.64. The van der Waals surface area contributed by atoms with Gasteiger partial charge in [-0.25, -0.2) is 0 Å². The zero-order valence-corrected chi connectivity index (χ0v) is 7.08. The Morgan fingerprint density at radius 2 is 2.18 bits per heavy atom. The molecule has 2 nitrogen and oxygen atoms in total. The summed E-state index contributed by atoms with van der Waals surface area (Å²) >= 11 is 0. The van der Waals surface area contributed by atoms with E-state index >= 15 is 0 Å². The molecular formula is C9H16O2. The second kappa shape index (κ2) is 9.37. The number of unbranched alkanes of at least 4 members (excludes halogenated alkanes) is 2. The number of rotatable bonds is 7.